The van der Waals surface area contributed by atoms with E-state index in [1.807, 2.05) is 25.1 Å². The van der Waals surface area contributed by atoms with Gasteiger partial charge >= 0.3 is 172 Å². The SMILES string of the molecule is Cc1ccc2c(c1)N(C[PH](F)(F)F)C(c1ccc(OCF)cc1)c1cc(N)ccc1-2. The molecule has 3 aromatic rings. The van der Waals surface area contributed by atoms with Crippen molar-refractivity contribution in [2.45, 2.75) is 13.0 Å². The fourth-order valence-corrected chi connectivity index (χ4v) is 4.74. The zero-order valence-corrected chi connectivity index (χ0v) is 17.2. The van der Waals surface area contributed by atoms with E-state index >= 15 is 0 Å². The van der Waals surface area contributed by atoms with Crippen LogP contribution in [0.2, 0.25) is 0 Å². The van der Waals surface area contributed by atoms with E-state index in [0.717, 1.165) is 16.7 Å². The maximum atomic E-state index is 13.8. The number of nitrogen functional groups attached to an aromatic ring is 1. The van der Waals surface area contributed by atoms with Crippen molar-refractivity contribution in [3.8, 4) is 16.9 Å². The van der Waals surface area contributed by atoms with E-state index in [-0.39, 0.29) is 0 Å². The van der Waals surface area contributed by atoms with Gasteiger partial charge in [-0.25, -0.2) is 0 Å². The van der Waals surface area contributed by atoms with E-state index < -0.39 is 27.4 Å². The monoisotopic (exact) mass is 436 g/mol. The Balaban J connectivity index is 1.93. The molecule has 0 radical (unpaired) electrons. The Kier molecular flexibility index (Phi) is 5.33. The van der Waals surface area contributed by atoms with Crippen molar-refractivity contribution in [3.63, 3.8) is 0 Å². The molecule has 30 heavy (non-hydrogen) atoms. The first-order valence-corrected chi connectivity index (χ1v) is 11.2. The number of ether oxygens (including phenoxy) is 1. The molecule has 8 heteroatoms. The number of alkyl halides is 1. The minimum absolute atomic E-state index is 0.317. The van der Waals surface area contributed by atoms with Gasteiger partial charge in [-0.05, 0) is 0 Å². The van der Waals surface area contributed by atoms with Gasteiger partial charge in [-0.1, -0.05) is 0 Å². The summed E-state index contributed by atoms with van der Waals surface area (Å²) < 4.78 is 58.6. The molecule has 0 amide bonds. The van der Waals surface area contributed by atoms with E-state index in [9.17, 15) is 17.0 Å². The summed E-state index contributed by atoms with van der Waals surface area (Å²) >= 11 is 0. The van der Waals surface area contributed by atoms with Crippen molar-refractivity contribution in [1.82, 2.24) is 0 Å². The molecule has 1 heterocycles. The van der Waals surface area contributed by atoms with Gasteiger partial charge in [-0.2, -0.15) is 0 Å². The molecule has 1 aliphatic rings. The van der Waals surface area contributed by atoms with Crippen LogP contribution in [-0.4, -0.2) is 13.1 Å². The number of fused-ring (bicyclic) bond motifs is 3. The number of nitrogens with two attached hydrogens (primary N) is 1. The van der Waals surface area contributed by atoms with Crippen molar-refractivity contribution >= 4 is 19.6 Å². The third-order valence-corrected chi connectivity index (χ3v) is 5.90. The number of hydrogen-bond donors (Lipinski definition) is 1. The van der Waals surface area contributed by atoms with Crippen molar-refractivity contribution < 1.29 is 21.7 Å². The van der Waals surface area contributed by atoms with Gasteiger partial charge in [0, 0.05) is 0 Å². The standard InChI is InChI=1S/C22H21F4N2OP/c1-14-2-8-19-18-9-5-16(27)11-20(18)22(15-3-6-17(7-4-15)29-12-23)28(21(19)10-14)13-30(24,25)26/h2-11,22,30H,12-13,27H2,1H3. The van der Waals surface area contributed by atoms with Gasteiger partial charge in [0.15, 0.2) is 0 Å². The number of anilines is 2. The van der Waals surface area contributed by atoms with Gasteiger partial charge in [0.1, 0.15) is 0 Å². The fourth-order valence-electron chi connectivity index (χ4n) is 4.01. The molecule has 158 valence electrons. The summed E-state index contributed by atoms with van der Waals surface area (Å²) in [5.74, 6) is 0.317. The number of nitrogens with zero attached hydrogens (tertiary/aromatic N) is 1. The number of rotatable bonds is 5. The predicted octanol–water partition coefficient (Wildman–Crippen LogP) is 6.82. The Bertz CT molecular complexity index is 1070. The van der Waals surface area contributed by atoms with Crippen molar-refractivity contribution in [2.75, 3.05) is 23.8 Å². The molecule has 0 spiro atoms. The van der Waals surface area contributed by atoms with E-state index in [1.165, 1.54) is 4.90 Å². The molecule has 3 aromatic carbocycles. The van der Waals surface area contributed by atoms with E-state index in [4.69, 9.17) is 10.5 Å². The molecule has 1 unspecified atom stereocenters. The second kappa shape index (κ2) is 7.80. The maximum absolute atomic E-state index is 13.8. The van der Waals surface area contributed by atoms with Crippen molar-refractivity contribution in [2.24, 2.45) is 0 Å². The van der Waals surface area contributed by atoms with Crippen LogP contribution >= 0.6 is 8.19 Å². The number of benzene rings is 3. The van der Waals surface area contributed by atoms with Gasteiger partial charge in [-0.3, -0.25) is 0 Å². The minimum atomic E-state index is -5.94. The summed E-state index contributed by atoms with van der Waals surface area (Å²) in [6, 6.07) is 16.7. The predicted molar refractivity (Wildman–Crippen MR) is 115 cm³/mol. The van der Waals surface area contributed by atoms with Gasteiger partial charge in [0.25, 0.3) is 0 Å². The van der Waals surface area contributed by atoms with Gasteiger partial charge in [0.2, 0.25) is 0 Å². The van der Waals surface area contributed by atoms with Crippen LogP contribution in [0.25, 0.3) is 11.1 Å². The van der Waals surface area contributed by atoms with Crippen LogP contribution in [-0.2, 0) is 0 Å². The molecule has 2 N–H and O–H groups in total. The molecule has 0 aromatic heterocycles. The van der Waals surface area contributed by atoms with Crippen LogP contribution in [0, 0.1) is 6.92 Å². The van der Waals surface area contributed by atoms with Crippen LogP contribution in [0.3, 0.4) is 0 Å². The van der Waals surface area contributed by atoms with Crippen LogP contribution in [0.15, 0.2) is 60.7 Å². The Morgan fingerprint density at radius 1 is 0.967 bits per heavy atom. The quantitative estimate of drug-likeness (QED) is 0.271. The second-order valence-electron chi connectivity index (χ2n) is 7.34. The third kappa shape index (κ3) is 3.94. The summed E-state index contributed by atoms with van der Waals surface area (Å²) in [6.45, 7) is 0.890. The van der Waals surface area contributed by atoms with Crippen LogP contribution in [0.5, 0.6) is 5.75 Å². The first kappa shape index (κ1) is 20.5. The number of hydrogen-bond acceptors (Lipinski definition) is 3. The zero-order valence-electron chi connectivity index (χ0n) is 16.2. The Hall–Kier alpha value is -2.79. The summed E-state index contributed by atoms with van der Waals surface area (Å²) in [7, 11) is -5.94. The number of aryl methyl sites for hydroxylation is 1. The Morgan fingerprint density at radius 2 is 1.67 bits per heavy atom. The molecule has 3 nitrogen and oxygen atoms in total. The summed E-state index contributed by atoms with van der Waals surface area (Å²) in [6.07, 6.45) is -0.981. The molecule has 0 aliphatic carbocycles. The molecule has 0 bridgehead atoms. The third-order valence-electron chi connectivity index (χ3n) is 5.20. The van der Waals surface area contributed by atoms with Gasteiger partial charge < -0.3 is 0 Å². The molecular formula is C22H21F4N2OP. The molecule has 1 aliphatic heterocycles. The molecular weight excluding hydrogens is 415 g/mol. The molecule has 1 atom stereocenters. The molecule has 0 fully saturated rings. The first-order valence-electron chi connectivity index (χ1n) is 9.39. The Labute approximate surface area is 172 Å². The fraction of sp³-hybridized carbons (Fsp3) is 0.182. The molecule has 0 saturated carbocycles. The number of halogens is 4. The molecule has 4 rings (SSSR count). The summed E-state index contributed by atoms with van der Waals surface area (Å²) in [4.78, 5) is 1.42. The second-order valence-corrected chi connectivity index (χ2v) is 8.88. The van der Waals surface area contributed by atoms with Crippen molar-refractivity contribution in [3.05, 3.63) is 77.4 Å². The van der Waals surface area contributed by atoms with Crippen LogP contribution < -0.4 is 15.4 Å². The van der Waals surface area contributed by atoms with Crippen molar-refractivity contribution in [1.29, 1.82) is 0 Å². The van der Waals surface area contributed by atoms with Gasteiger partial charge in [-0.15, -0.1) is 0 Å². The zero-order chi connectivity index (χ0) is 21.5. The van der Waals surface area contributed by atoms with Gasteiger partial charge in [0.05, 0.1) is 0 Å². The average Bonchev–Trinajstić information content (AvgIpc) is 2.68. The van der Waals surface area contributed by atoms with Crippen LogP contribution in [0.1, 0.15) is 22.7 Å². The van der Waals surface area contributed by atoms with E-state index in [0.29, 0.717) is 28.3 Å². The van der Waals surface area contributed by atoms with E-state index in [2.05, 4.69) is 0 Å². The summed E-state index contributed by atoms with van der Waals surface area (Å²) in [5.41, 5.74) is 10.9. The Morgan fingerprint density at radius 3 is 2.33 bits per heavy atom. The normalized spacial score (nSPS) is 16.0. The molecule has 0 saturated heterocycles. The van der Waals surface area contributed by atoms with Crippen LogP contribution in [0.4, 0.5) is 28.4 Å². The average molecular weight is 436 g/mol. The topological polar surface area (TPSA) is 38.5 Å². The first-order chi connectivity index (χ1) is 14.3. The summed E-state index contributed by atoms with van der Waals surface area (Å²) in [5, 5.41) is 0. The van der Waals surface area contributed by atoms with E-state index in [1.54, 1.807) is 42.5 Å².